The first kappa shape index (κ1) is 16.1. The van der Waals surface area contributed by atoms with Gasteiger partial charge in [0.25, 0.3) is 0 Å². The highest BCUT2D eigenvalue weighted by Crippen LogP contribution is 2.32. The molecule has 2 aliphatic carbocycles. The standard InChI is InChI=1S/C26H23N/c1-2-19-10-9-15-24-23(18-19)26-22-14-8-3-5-11-20(22)16-17-25(26)27(24)21-12-6-4-7-13-21/h3-4,6-14,16-18H,2,5,15H2,1H3. The summed E-state index contributed by atoms with van der Waals surface area (Å²) in [6.45, 7) is 2.24. The zero-order valence-corrected chi connectivity index (χ0v) is 15.7. The predicted molar refractivity (Wildman–Crippen MR) is 116 cm³/mol. The normalized spacial score (nSPS) is 15.2. The third kappa shape index (κ3) is 2.62. The summed E-state index contributed by atoms with van der Waals surface area (Å²) in [5.41, 5.74) is 6.69. The van der Waals surface area contributed by atoms with E-state index in [9.17, 15) is 0 Å². The molecule has 0 amide bonds. The van der Waals surface area contributed by atoms with E-state index in [0.717, 1.165) is 19.3 Å². The molecule has 0 bridgehead atoms. The molecule has 0 saturated carbocycles. The van der Waals surface area contributed by atoms with Crippen LogP contribution in [-0.4, -0.2) is 4.57 Å². The Morgan fingerprint density at radius 3 is 2.74 bits per heavy atom. The van der Waals surface area contributed by atoms with Crippen LogP contribution in [0.25, 0.3) is 34.8 Å². The summed E-state index contributed by atoms with van der Waals surface area (Å²) in [7, 11) is 0. The molecular weight excluding hydrogens is 326 g/mol. The number of hydrogen-bond donors (Lipinski definition) is 0. The Morgan fingerprint density at radius 2 is 1.89 bits per heavy atom. The molecule has 1 aromatic heterocycles. The summed E-state index contributed by atoms with van der Waals surface area (Å²) in [5, 5.41) is 4.06. The molecule has 0 spiro atoms. The van der Waals surface area contributed by atoms with E-state index in [1.165, 1.54) is 43.9 Å². The third-order valence-electron chi connectivity index (χ3n) is 5.62. The maximum atomic E-state index is 2.45. The molecule has 0 saturated heterocycles. The monoisotopic (exact) mass is 349 g/mol. The van der Waals surface area contributed by atoms with E-state index in [1.807, 2.05) is 0 Å². The molecule has 27 heavy (non-hydrogen) atoms. The molecule has 1 heterocycles. The summed E-state index contributed by atoms with van der Waals surface area (Å²) in [4.78, 5) is 0. The molecule has 0 fully saturated rings. The van der Waals surface area contributed by atoms with Crippen LogP contribution >= 0.6 is 0 Å². The number of benzene rings is 2. The molecule has 0 unspecified atom stereocenters. The minimum absolute atomic E-state index is 0.952. The van der Waals surface area contributed by atoms with Gasteiger partial charge in [-0.15, -0.1) is 0 Å². The van der Waals surface area contributed by atoms with Crippen LogP contribution in [-0.2, 0) is 6.42 Å². The molecule has 0 radical (unpaired) electrons. The highest BCUT2D eigenvalue weighted by molar-refractivity contribution is 5.95. The number of para-hydroxylation sites is 1. The smallest absolute Gasteiger partial charge is 0.0544 e. The summed E-state index contributed by atoms with van der Waals surface area (Å²) < 4.78 is 2.45. The van der Waals surface area contributed by atoms with Crippen molar-refractivity contribution in [2.45, 2.75) is 26.2 Å². The van der Waals surface area contributed by atoms with E-state index in [2.05, 4.69) is 96.5 Å². The Hall–Kier alpha value is -3.06. The van der Waals surface area contributed by atoms with Gasteiger partial charge in [-0.2, -0.15) is 0 Å². The molecule has 0 atom stereocenters. The lowest BCUT2D eigenvalue weighted by atomic mass is 10.0. The first-order valence-corrected chi connectivity index (χ1v) is 9.82. The van der Waals surface area contributed by atoms with Crippen LogP contribution in [0.4, 0.5) is 0 Å². The van der Waals surface area contributed by atoms with Gasteiger partial charge in [-0.1, -0.05) is 67.6 Å². The summed E-state index contributed by atoms with van der Waals surface area (Å²) in [5.74, 6) is 0. The number of fused-ring (bicyclic) bond motifs is 5. The molecule has 2 aromatic carbocycles. The Balaban J connectivity index is 1.99. The summed E-state index contributed by atoms with van der Waals surface area (Å²) in [6, 6.07) is 15.3. The molecule has 1 heteroatoms. The summed E-state index contributed by atoms with van der Waals surface area (Å²) in [6.07, 6.45) is 19.1. The van der Waals surface area contributed by atoms with E-state index in [1.54, 1.807) is 0 Å². The van der Waals surface area contributed by atoms with E-state index < -0.39 is 0 Å². The fourth-order valence-electron chi connectivity index (χ4n) is 4.30. The molecule has 1 nitrogen and oxygen atoms in total. The molecule has 3 aromatic rings. The van der Waals surface area contributed by atoms with Crippen LogP contribution in [0.2, 0.25) is 0 Å². The number of nitrogens with zero attached hydrogens (tertiary/aromatic N) is 1. The molecule has 132 valence electrons. The van der Waals surface area contributed by atoms with E-state index in [-0.39, 0.29) is 0 Å². The Bertz CT molecular complexity index is 1230. The van der Waals surface area contributed by atoms with Gasteiger partial charge >= 0.3 is 0 Å². The molecular formula is C26H23N. The minimum Gasteiger partial charge on any atom is -0.313 e. The van der Waals surface area contributed by atoms with Crippen molar-refractivity contribution in [2.24, 2.45) is 0 Å². The van der Waals surface area contributed by atoms with Crippen molar-refractivity contribution in [2.75, 3.05) is 0 Å². The number of hydrogen-bond acceptors (Lipinski definition) is 0. The molecule has 5 rings (SSSR count). The number of rotatable bonds is 2. The average Bonchev–Trinajstić information content (AvgIpc) is 2.90. The SMILES string of the molecule is CCC1=Cc2c(n(-c3ccccc3)c3ccc4c(c23)=CC=CCC=4)CC=C1. The second kappa shape index (κ2) is 6.59. The van der Waals surface area contributed by atoms with Crippen LogP contribution in [0.15, 0.2) is 72.3 Å². The fraction of sp³-hybridized carbons (Fsp3) is 0.154. The van der Waals surface area contributed by atoms with Crippen LogP contribution in [0, 0.1) is 0 Å². The highest BCUT2D eigenvalue weighted by Gasteiger charge is 2.19. The van der Waals surface area contributed by atoms with Crippen LogP contribution in [0.3, 0.4) is 0 Å². The van der Waals surface area contributed by atoms with Gasteiger partial charge < -0.3 is 4.57 Å². The Morgan fingerprint density at radius 1 is 1.00 bits per heavy atom. The van der Waals surface area contributed by atoms with Gasteiger partial charge in [0, 0.05) is 28.8 Å². The van der Waals surface area contributed by atoms with Crippen LogP contribution in [0.1, 0.15) is 31.0 Å². The molecule has 2 aliphatic rings. The summed E-state index contributed by atoms with van der Waals surface area (Å²) >= 11 is 0. The van der Waals surface area contributed by atoms with Gasteiger partial charge in [0.05, 0.1) is 5.52 Å². The average molecular weight is 349 g/mol. The van der Waals surface area contributed by atoms with Gasteiger partial charge in [-0.25, -0.2) is 0 Å². The van der Waals surface area contributed by atoms with Crippen molar-refractivity contribution >= 4 is 29.1 Å². The van der Waals surface area contributed by atoms with E-state index in [4.69, 9.17) is 0 Å². The quantitative estimate of drug-likeness (QED) is 0.610. The minimum atomic E-state index is 0.952. The van der Waals surface area contributed by atoms with Crippen LogP contribution in [0.5, 0.6) is 0 Å². The van der Waals surface area contributed by atoms with Crippen molar-refractivity contribution in [1.82, 2.24) is 4.57 Å². The lowest BCUT2D eigenvalue weighted by Gasteiger charge is -2.10. The van der Waals surface area contributed by atoms with Crippen molar-refractivity contribution < 1.29 is 0 Å². The predicted octanol–water partition coefficient (Wildman–Crippen LogP) is 5.06. The second-order valence-electron chi connectivity index (χ2n) is 7.21. The number of aromatic nitrogens is 1. The van der Waals surface area contributed by atoms with Crippen molar-refractivity contribution in [1.29, 1.82) is 0 Å². The lowest BCUT2D eigenvalue weighted by molar-refractivity contribution is 1.00. The first-order chi connectivity index (χ1) is 13.4. The van der Waals surface area contributed by atoms with Gasteiger partial charge in [0.1, 0.15) is 0 Å². The zero-order valence-electron chi connectivity index (χ0n) is 15.7. The maximum absolute atomic E-state index is 2.45. The lowest BCUT2D eigenvalue weighted by Crippen LogP contribution is -2.24. The fourth-order valence-corrected chi connectivity index (χ4v) is 4.30. The van der Waals surface area contributed by atoms with Gasteiger partial charge in [0.15, 0.2) is 0 Å². The third-order valence-corrected chi connectivity index (χ3v) is 5.62. The highest BCUT2D eigenvalue weighted by atomic mass is 15.0. The van der Waals surface area contributed by atoms with Crippen molar-refractivity contribution in [3.63, 3.8) is 0 Å². The molecule has 0 N–H and O–H groups in total. The first-order valence-electron chi connectivity index (χ1n) is 9.82. The van der Waals surface area contributed by atoms with Gasteiger partial charge in [-0.3, -0.25) is 0 Å². The van der Waals surface area contributed by atoms with E-state index >= 15 is 0 Å². The van der Waals surface area contributed by atoms with Crippen molar-refractivity contribution in [3.05, 3.63) is 94.0 Å². The topological polar surface area (TPSA) is 4.93 Å². The molecule has 0 aliphatic heterocycles. The van der Waals surface area contributed by atoms with E-state index in [0.29, 0.717) is 0 Å². The maximum Gasteiger partial charge on any atom is 0.0544 e. The van der Waals surface area contributed by atoms with Crippen molar-refractivity contribution in [3.8, 4) is 5.69 Å². The zero-order chi connectivity index (χ0) is 18.2. The van der Waals surface area contributed by atoms with Gasteiger partial charge in [-0.05, 0) is 53.1 Å². The Kier molecular flexibility index (Phi) is 3.94. The van der Waals surface area contributed by atoms with Crippen LogP contribution < -0.4 is 10.4 Å². The second-order valence-corrected chi connectivity index (χ2v) is 7.21. The van der Waals surface area contributed by atoms with Gasteiger partial charge in [0.2, 0.25) is 0 Å². The number of allylic oxidation sites excluding steroid dienone is 5. The Labute approximate surface area is 160 Å². The largest absolute Gasteiger partial charge is 0.313 e.